The zero-order valence-electron chi connectivity index (χ0n) is 10.5. The fraction of sp³-hybridized carbons (Fsp3) is 0.231. The number of terminal acetylenes is 1. The van der Waals surface area contributed by atoms with Crippen molar-refractivity contribution >= 4 is 17.5 Å². The molecule has 1 aromatic carbocycles. The summed E-state index contributed by atoms with van der Waals surface area (Å²) in [7, 11) is 1.46. The lowest BCUT2D eigenvalue weighted by Gasteiger charge is -2.11. The third-order valence-electron chi connectivity index (χ3n) is 2.27. The molecule has 0 saturated carbocycles. The molecule has 1 rings (SSSR count). The van der Waals surface area contributed by atoms with Crippen molar-refractivity contribution < 1.29 is 14.3 Å². The molecule has 19 heavy (non-hydrogen) atoms. The number of nitrogens with one attached hydrogen (secondary N) is 2. The molecule has 6 heteroatoms. The van der Waals surface area contributed by atoms with Gasteiger partial charge in [-0.15, -0.1) is 6.42 Å². The van der Waals surface area contributed by atoms with Gasteiger partial charge >= 0.3 is 0 Å². The highest BCUT2D eigenvalue weighted by Crippen LogP contribution is 2.25. The van der Waals surface area contributed by atoms with E-state index in [4.69, 9.17) is 16.9 Å². The molecule has 0 spiro atoms. The highest BCUT2D eigenvalue weighted by atomic mass is 16.5. The zero-order valence-corrected chi connectivity index (χ0v) is 10.5. The van der Waals surface area contributed by atoms with Crippen LogP contribution in [0.5, 0.6) is 5.75 Å². The second-order valence-corrected chi connectivity index (χ2v) is 3.64. The van der Waals surface area contributed by atoms with Crippen LogP contribution in [-0.4, -0.2) is 32.0 Å². The standard InChI is InChI=1S/C13H15N3O3/c1-3-6-15-8-12(17)16-10-7-9(13(14)18)4-5-11(10)19-2/h1,4-5,7,15H,6,8H2,2H3,(H2,14,18)(H,16,17). The van der Waals surface area contributed by atoms with E-state index in [1.807, 2.05) is 0 Å². The highest BCUT2D eigenvalue weighted by molar-refractivity contribution is 5.98. The van der Waals surface area contributed by atoms with Crippen molar-refractivity contribution in [3.8, 4) is 18.1 Å². The lowest BCUT2D eigenvalue weighted by Crippen LogP contribution is -2.28. The number of anilines is 1. The molecule has 0 radical (unpaired) electrons. The molecule has 6 nitrogen and oxygen atoms in total. The van der Waals surface area contributed by atoms with E-state index in [1.54, 1.807) is 6.07 Å². The van der Waals surface area contributed by atoms with Crippen LogP contribution in [0.4, 0.5) is 5.69 Å². The Morgan fingerprint density at radius 1 is 1.47 bits per heavy atom. The van der Waals surface area contributed by atoms with Gasteiger partial charge in [-0.05, 0) is 18.2 Å². The van der Waals surface area contributed by atoms with Crippen LogP contribution in [0.1, 0.15) is 10.4 Å². The van der Waals surface area contributed by atoms with E-state index in [1.165, 1.54) is 19.2 Å². The van der Waals surface area contributed by atoms with Crippen LogP contribution in [0, 0.1) is 12.3 Å². The third kappa shape index (κ3) is 4.33. The van der Waals surface area contributed by atoms with Gasteiger partial charge in [0.2, 0.25) is 11.8 Å². The van der Waals surface area contributed by atoms with Gasteiger partial charge < -0.3 is 15.8 Å². The molecule has 0 aliphatic carbocycles. The highest BCUT2D eigenvalue weighted by Gasteiger charge is 2.10. The fourth-order valence-corrected chi connectivity index (χ4v) is 1.40. The molecule has 1 aromatic rings. The van der Waals surface area contributed by atoms with Crippen molar-refractivity contribution in [1.82, 2.24) is 5.32 Å². The number of primary amides is 1. The first-order chi connectivity index (χ1) is 9.08. The Hall–Kier alpha value is -2.52. The summed E-state index contributed by atoms with van der Waals surface area (Å²) in [6.07, 6.45) is 5.05. The first kappa shape index (κ1) is 14.5. The van der Waals surface area contributed by atoms with Crippen molar-refractivity contribution in [2.45, 2.75) is 0 Å². The van der Waals surface area contributed by atoms with Crippen molar-refractivity contribution in [2.75, 3.05) is 25.5 Å². The third-order valence-corrected chi connectivity index (χ3v) is 2.27. The number of ether oxygens (including phenoxy) is 1. The Balaban J connectivity index is 2.80. The molecule has 0 fully saturated rings. The van der Waals surface area contributed by atoms with Gasteiger partial charge in [-0.3, -0.25) is 14.9 Å². The molecule has 100 valence electrons. The second kappa shape index (κ2) is 7.03. The average molecular weight is 261 g/mol. The summed E-state index contributed by atoms with van der Waals surface area (Å²) in [6.45, 7) is 0.361. The number of carbonyl (C=O) groups is 2. The Morgan fingerprint density at radius 3 is 2.79 bits per heavy atom. The fourth-order valence-electron chi connectivity index (χ4n) is 1.40. The quantitative estimate of drug-likeness (QED) is 0.494. The summed E-state index contributed by atoms with van der Waals surface area (Å²) in [5.41, 5.74) is 5.84. The van der Waals surface area contributed by atoms with Crippen LogP contribution in [-0.2, 0) is 4.79 Å². The van der Waals surface area contributed by atoms with Gasteiger partial charge in [-0.2, -0.15) is 0 Å². The second-order valence-electron chi connectivity index (χ2n) is 3.64. The van der Waals surface area contributed by atoms with E-state index >= 15 is 0 Å². The van der Waals surface area contributed by atoms with Crippen LogP contribution in [0.3, 0.4) is 0 Å². The maximum Gasteiger partial charge on any atom is 0.248 e. The number of carbonyl (C=O) groups excluding carboxylic acids is 2. The van der Waals surface area contributed by atoms with E-state index in [0.29, 0.717) is 18.0 Å². The molecule has 4 N–H and O–H groups in total. The number of amides is 2. The topological polar surface area (TPSA) is 93.5 Å². The van der Waals surface area contributed by atoms with Crippen molar-refractivity contribution in [3.63, 3.8) is 0 Å². The molecule has 0 aliphatic rings. The molecule has 0 unspecified atom stereocenters. The molecule has 0 saturated heterocycles. The molecular formula is C13H15N3O3. The van der Waals surface area contributed by atoms with Gasteiger partial charge in [-0.25, -0.2) is 0 Å². The van der Waals surface area contributed by atoms with Gasteiger partial charge in [-0.1, -0.05) is 5.92 Å². The summed E-state index contributed by atoms with van der Waals surface area (Å²) < 4.78 is 5.09. The van der Waals surface area contributed by atoms with E-state index < -0.39 is 5.91 Å². The molecular weight excluding hydrogens is 246 g/mol. The number of benzene rings is 1. The summed E-state index contributed by atoms with van der Waals surface area (Å²) in [4.78, 5) is 22.7. The van der Waals surface area contributed by atoms with Crippen LogP contribution in [0.15, 0.2) is 18.2 Å². The van der Waals surface area contributed by atoms with Gasteiger partial charge in [0.15, 0.2) is 0 Å². The van der Waals surface area contributed by atoms with Crippen LogP contribution >= 0.6 is 0 Å². The van der Waals surface area contributed by atoms with Crippen molar-refractivity contribution in [2.24, 2.45) is 5.73 Å². The monoisotopic (exact) mass is 261 g/mol. The van der Waals surface area contributed by atoms with Crippen LogP contribution < -0.4 is 21.1 Å². The first-order valence-electron chi connectivity index (χ1n) is 5.50. The molecule has 0 heterocycles. The minimum absolute atomic E-state index is 0.0636. The predicted octanol–water partition coefficient (Wildman–Crippen LogP) is -0.0446. The maximum absolute atomic E-state index is 11.6. The smallest absolute Gasteiger partial charge is 0.248 e. The van der Waals surface area contributed by atoms with Crippen LogP contribution in [0.25, 0.3) is 0 Å². The first-order valence-corrected chi connectivity index (χ1v) is 5.50. The molecule has 2 amide bonds. The largest absolute Gasteiger partial charge is 0.495 e. The molecule has 0 aromatic heterocycles. The molecule has 0 bridgehead atoms. The van der Waals surface area contributed by atoms with Gasteiger partial charge in [0.05, 0.1) is 25.9 Å². The SMILES string of the molecule is C#CCNCC(=O)Nc1cc(C(N)=O)ccc1OC. The molecule has 0 atom stereocenters. The van der Waals surface area contributed by atoms with E-state index in [-0.39, 0.29) is 18.0 Å². The van der Waals surface area contributed by atoms with Crippen molar-refractivity contribution in [3.05, 3.63) is 23.8 Å². The van der Waals surface area contributed by atoms with Crippen molar-refractivity contribution in [1.29, 1.82) is 0 Å². The predicted molar refractivity (Wildman–Crippen MR) is 71.8 cm³/mol. The normalized spacial score (nSPS) is 9.47. The number of rotatable bonds is 6. The van der Waals surface area contributed by atoms with Gasteiger partial charge in [0.25, 0.3) is 0 Å². The number of nitrogens with two attached hydrogens (primary N) is 1. The van der Waals surface area contributed by atoms with E-state index in [9.17, 15) is 9.59 Å². The Bertz CT molecular complexity index is 520. The average Bonchev–Trinajstić information content (AvgIpc) is 2.38. The minimum atomic E-state index is -0.580. The lowest BCUT2D eigenvalue weighted by molar-refractivity contribution is -0.115. The lowest BCUT2D eigenvalue weighted by atomic mass is 10.1. The summed E-state index contributed by atoms with van der Waals surface area (Å²) in [5.74, 6) is 1.92. The summed E-state index contributed by atoms with van der Waals surface area (Å²) >= 11 is 0. The number of hydrogen-bond acceptors (Lipinski definition) is 4. The number of hydrogen-bond donors (Lipinski definition) is 3. The summed E-state index contributed by atoms with van der Waals surface area (Å²) in [6, 6.07) is 4.54. The maximum atomic E-state index is 11.6. The number of methoxy groups -OCH3 is 1. The molecule has 0 aliphatic heterocycles. The zero-order chi connectivity index (χ0) is 14.3. The van der Waals surface area contributed by atoms with Crippen LogP contribution in [0.2, 0.25) is 0 Å². The summed E-state index contributed by atoms with van der Waals surface area (Å²) in [5, 5.41) is 5.36. The Morgan fingerprint density at radius 2 is 2.21 bits per heavy atom. The Labute approximate surface area is 111 Å². The van der Waals surface area contributed by atoms with E-state index in [2.05, 4.69) is 16.6 Å². The van der Waals surface area contributed by atoms with E-state index in [0.717, 1.165) is 0 Å². The minimum Gasteiger partial charge on any atom is -0.495 e. The Kier molecular flexibility index (Phi) is 5.38. The van der Waals surface area contributed by atoms with Gasteiger partial charge in [0.1, 0.15) is 5.75 Å². The van der Waals surface area contributed by atoms with Gasteiger partial charge in [0, 0.05) is 5.56 Å².